The summed E-state index contributed by atoms with van der Waals surface area (Å²) in [6, 6.07) is 7.94. The summed E-state index contributed by atoms with van der Waals surface area (Å²) in [5.74, 6) is 0.122. The van der Waals surface area contributed by atoms with Crippen LogP contribution in [0.3, 0.4) is 0 Å². The van der Waals surface area contributed by atoms with Gasteiger partial charge in [0.1, 0.15) is 0 Å². The van der Waals surface area contributed by atoms with E-state index in [9.17, 15) is 4.79 Å². The van der Waals surface area contributed by atoms with Gasteiger partial charge < -0.3 is 10.6 Å². The first-order valence-electron chi connectivity index (χ1n) is 5.99. The van der Waals surface area contributed by atoms with Crippen molar-refractivity contribution in [1.29, 1.82) is 0 Å². The molecule has 92 valence electrons. The number of nitrogens with zero attached hydrogens (tertiary/aromatic N) is 1. The zero-order valence-electron chi connectivity index (χ0n) is 9.73. The molecule has 1 amide bonds. The van der Waals surface area contributed by atoms with Crippen molar-refractivity contribution in [3.8, 4) is 0 Å². The van der Waals surface area contributed by atoms with Crippen molar-refractivity contribution in [3.63, 3.8) is 0 Å². The zero-order valence-corrected chi connectivity index (χ0v) is 11.9. The number of likely N-dealkylation sites (tertiary alicyclic amines) is 1. The fraction of sp³-hybridized carbons (Fsp3) is 0.462. The molecular formula is C13H17IN2O. The minimum Gasteiger partial charge on any atom is -0.334 e. The number of carbonyl (C=O) groups excluding carboxylic acids is 1. The smallest absolute Gasteiger partial charge is 0.254 e. The summed E-state index contributed by atoms with van der Waals surface area (Å²) in [6.45, 7) is 1.41. The van der Waals surface area contributed by atoms with E-state index in [-0.39, 0.29) is 11.9 Å². The molecule has 0 bridgehead atoms. The summed E-state index contributed by atoms with van der Waals surface area (Å²) in [6.07, 6.45) is 3.30. The van der Waals surface area contributed by atoms with Gasteiger partial charge in [0.25, 0.3) is 5.91 Å². The lowest BCUT2D eigenvalue weighted by atomic mass is 10.0. The third-order valence-electron chi connectivity index (χ3n) is 3.25. The maximum atomic E-state index is 12.3. The van der Waals surface area contributed by atoms with E-state index in [1.807, 2.05) is 29.2 Å². The SMILES string of the molecule is NCC1CCCCN1C(=O)c1ccc(I)cc1. The quantitative estimate of drug-likeness (QED) is 0.837. The van der Waals surface area contributed by atoms with E-state index in [4.69, 9.17) is 5.73 Å². The molecule has 1 aliphatic heterocycles. The molecule has 0 aliphatic carbocycles. The van der Waals surface area contributed by atoms with Gasteiger partial charge in [-0.25, -0.2) is 0 Å². The van der Waals surface area contributed by atoms with Crippen LogP contribution in [0.2, 0.25) is 0 Å². The lowest BCUT2D eigenvalue weighted by Gasteiger charge is -2.35. The molecule has 1 aliphatic rings. The lowest BCUT2D eigenvalue weighted by Crippen LogP contribution is -2.47. The number of nitrogens with two attached hydrogens (primary N) is 1. The Morgan fingerprint density at radius 2 is 2.06 bits per heavy atom. The number of hydrogen-bond donors (Lipinski definition) is 1. The number of benzene rings is 1. The Morgan fingerprint density at radius 1 is 1.35 bits per heavy atom. The molecule has 1 heterocycles. The number of hydrogen-bond acceptors (Lipinski definition) is 2. The third-order valence-corrected chi connectivity index (χ3v) is 3.97. The average Bonchev–Trinajstić information content (AvgIpc) is 2.39. The van der Waals surface area contributed by atoms with Crippen molar-refractivity contribution in [1.82, 2.24) is 4.90 Å². The zero-order chi connectivity index (χ0) is 12.3. The molecule has 1 aromatic carbocycles. The second kappa shape index (κ2) is 5.82. The molecule has 0 radical (unpaired) electrons. The Hall–Kier alpha value is -0.620. The minimum absolute atomic E-state index is 0.122. The predicted octanol–water partition coefficient (Wildman–Crippen LogP) is 2.24. The Balaban J connectivity index is 2.15. The van der Waals surface area contributed by atoms with Crippen LogP contribution in [0, 0.1) is 3.57 Å². The van der Waals surface area contributed by atoms with Crippen LogP contribution in [0.15, 0.2) is 24.3 Å². The molecule has 1 unspecified atom stereocenters. The summed E-state index contributed by atoms with van der Waals surface area (Å²) in [4.78, 5) is 14.3. The number of rotatable bonds is 2. The van der Waals surface area contributed by atoms with Gasteiger partial charge in [0.15, 0.2) is 0 Å². The van der Waals surface area contributed by atoms with Crippen molar-refractivity contribution in [3.05, 3.63) is 33.4 Å². The molecule has 2 N–H and O–H groups in total. The average molecular weight is 344 g/mol. The summed E-state index contributed by atoms with van der Waals surface area (Å²) in [7, 11) is 0. The topological polar surface area (TPSA) is 46.3 Å². The van der Waals surface area contributed by atoms with E-state index in [1.165, 1.54) is 6.42 Å². The summed E-state index contributed by atoms with van der Waals surface area (Å²) in [5.41, 5.74) is 6.51. The Morgan fingerprint density at radius 3 is 2.71 bits per heavy atom. The van der Waals surface area contributed by atoms with Crippen LogP contribution in [-0.2, 0) is 0 Å². The first kappa shape index (κ1) is 12.8. The van der Waals surface area contributed by atoms with Crippen LogP contribution in [0.25, 0.3) is 0 Å². The van der Waals surface area contributed by atoms with Crippen LogP contribution >= 0.6 is 22.6 Å². The normalized spacial score (nSPS) is 20.4. The Kier molecular flexibility index (Phi) is 4.39. The molecule has 4 heteroatoms. The van der Waals surface area contributed by atoms with E-state index in [0.29, 0.717) is 6.54 Å². The van der Waals surface area contributed by atoms with Crippen molar-refractivity contribution in [2.75, 3.05) is 13.1 Å². The molecule has 1 atom stereocenters. The number of piperidine rings is 1. The molecule has 0 spiro atoms. The maximum Gasteiger partial charge on any atom is 0.254 e. The van der Waals surface area contributed by atoms with Gasteiger partial charge in [-0.15, -0.1) is 0 Å². The van der Waals surface area contributed by atoms with Crippen LogP contribution in [0.1, 0.15) is 29.6 Å². The highest BCUT2D eigenvalue weighted by atomic mass is 127. The monoisotopic (exact) mass is 344 g/mol. The van der Waals surface area contributed by atoms with Crippen LogP contribution in [0.5, 0.6) is 0 Å². The van der Waals surface area contributed by atoms with Crippen molar-refractivity contribution in [2.45, 2.75) is 25.3 Å². The first-order valence-corrected chi connectivity index (χ1v) is 7.07. The molecule has 3 nitrogen and oxygen atoms in total. The number of carbonyl (C=O) groups is 1. The highest BCUT2D eigenvalue weighted by Crippen LogP contribution is 2.19. The van der Waals surface area contributed by atoms with E-state index in [2.05, 4.69) is 22.6 Å². The Bertz CT molecular complexity index is 391. The minimum atomic E-state index is 0.122. The fourth-order valence-corrected chi connectivity index (χ4v) is 2.63. The van der Waals surface area contributed by atoms with Gasteiger partial charge in [0.2, 0.25) is 0 Å². The van der Waals surface area contributed by atoms with Crippen LogP contribution in [-0.4, -0.2) is 29.9 Å². The van der Waals surface area contributed by atoms with Gasteiger partial charge in [0.05, 0.1) is 0 Å². The molecule has 17 heavy (non-hydrogen) atoms. The van der Waals surface area contributed by atoms with Crippen molar-refractivity contribution in [2.24, 2.45) is 5.73 Å². The molecule has 1 aromatic rings. The molecule has 0 aromatic heterocycles. The summed E-state index contributed by atoms with van der Waals surface area (Å²) >= 11 is 2.24. The van der Waals surface area contributed by atoms with Crippen molar-refractivity contribution < 1.29 is 4.79 Å². The highest BCUT2D eigenvalue weighted by molar-refractivity contribution is 14.1. The predicted molar refractivity (Wildman–Crippen MR) is 76.9 cm³/mol. The second-order valence-corrected chi connectivity index (χ2v) is 5.64. The molecular weight excluding hydrogens is 327 g/mol. The van der Waals surface area contributed by atoms with E-state index < -0.39 is 0 Å². The van der Waals surface area contributed by atoms with Crippen molar-refractivity contribution >= 4 is 28.5 Å². The van der Waals surface area contributed by atoms with Gasteiger partial charge in [-0.05, 0) is 66.1 Å². The molecule has 1 saturated heterocycles. The molecule has 1 fully saturated rings. The highest BCUT2D eigenvalue weighted by Gasteiger charge is 2.26. The Labute approximate surface area is 116 Å². The van der Waals surface area contributed by atoms with Gasteiger partial charge in [0, 0.05) is 28.3 Å². The maximum absolute atomic E-state index is 12.3. The molecule has 0 saturated carbocycles. The van der Waals surface area contributed by atoms with Gasteiger partial charge in [-0.1, -0.05) is 0 Å². The number of amides is 1. The van der Waals surface area contributed by atoms with E-state index in [0.717, 1.165) is 28.5 Å². The standard InChI is InChI=1S/C13H17IN2O/c14-11-6-4-10(5-7-11)13(17)16-8-2-1-3-12(16)9-15/h4-7,12H,1-3,8-9,15H2. The third kappa shape index (κ3) is 2.98. The first-order chi connectivity index (χ1) is 8.22. The summed E-state index contributed by atoms with van der Waals surface area (Å²) < 4.78 is 1.15. The van der Waals surface area contributed by atoms with Gasteiger partial charge in [-0.2, -0.15) is 0 Å². The fourth-order valence-electron chi connectivity index (χ4n) is 2.27. The summed E-state index contributed by atoms with van der Waals surface area (Å²) in [5, 5.41) is 0. The lowest BCUT2D eigenvalue weighted by molar-refractivity contribution is 0.0623. The van der Waals surface area contributed by atoms with E-state index in [1.54, 1.807) is 0 Å². The van der Waals surface area contributed by atoms with Gasteiger partial charge >= 0.3 is 0 Å². The van der Waals surface area contributed by atoms with E-state index >= 15 is 0 Å². The van der Waals surface area contributed by atoms with Gasteiger partial charge in [-0.3, -0.25) is 4.79 Å². The van der Waals surface area contributed by atoms with Crippen LogP contribution < -0.4 is 5.73 Å². The number of halogens is 1. The largest absolute Gasteiger partial charge is 0.334 e. The second-order valence-electron chi connectivity index (χ2n) is 4.39. The van der Waals surface area contributed by atoms with Crippen LogP contribution in [0.4, 0.5) is 0 Å². The molecule has 2 rings (SSSR count).